The molecule has 1 N–H and O–H groups in total. The number of allylic oxidation sites excluding steroid dienone is 1. The van der Waals surface area contributed by atoms with Crippen LogP contribution in [0.15, 0.2) is 29.5 Å². The summed E-state index contributed by atoms with van der Waals surface area (Å²) in [6.45, 7) is 11.5. The molecule has 0 spiro atoms. The second kappa shape index (κ2) is 9.03. The highest BCUT2D eigenvalue weighted by atomic mass is 32.1. The smallest absolute Gasteiger partial charge is 0.173 e. The predicted molar refractivity (Wildman–Crippen MR) is 108 cm³/mol. The number of hydrogen-bond acceptors (Lipinski definition) is 4. The van der Waals surface area contributed by atoms with Crippen LogP contribution in [-0.2, 0) is 4.79 Å². The maximum Gasteiger partial charge on any atom is 0.173 e. The second-order valence-electron chi connectivity index (χ2n) is 6.17. The van der Waals surface area contributed by atoms with Gasteiger partial charge in [-0.25, -0.2) is 0 Å². The Kier molecular flexibility index (Phi) is 7.03. The van der Waals surface area contributed by atoms with Crippen LogP contribution in [-0.4, -0.2) is 35.6 Å². The van der Waals surface area contributed by atoms with Crippen molar-refractivity contribution in [2.24, 2.45) is 0 Å². The summed E-state index contributed by atoms with van der Waals surface area (Å²) in [7, 11) is 0. The summed E-state index contributed by atoms with van der Waals surface area (Å²) < 4.78 is 11.5. The Morgan fingerprint density at radius 2 is 1.96 bits per heavy atom. The molecule has 1 aromatic rings. The number of nitrogens with zero attached hydrogens (tertiary/aromatic N) is 1. The topological polar surface area (TPSA) is 50.8 Å². The molecular formula is C20H28N2O3S. The number of ether oxygens (including phenoxy) is 2. The Morgan fingerprint density at radius 1 is 1.23 bits per heavy atom. The summed E-state index contributed by atoms with van der Waals surface area (Å²) in [4.78, 5) is 14.3. The van der Waals surface area contributed by atoms with Gasteiger partial charge in [0, 0.05) is 17.8 Å². The van der Waals surface area contributed by atoms with Gasteiger partial charge in [-0.3, -0.25) is 4.79 Å². The van der Waals surface area contributed by atoms with Crippen LogP contribution in [0.3, 0.4) is 0 Å². The Bertz CT molecular complexity index is 715. The van der Waals surface area contributed by atoms with Crippen molar-refractivity contribution in [3.05, 3.63) is 35.0 Å². The molecule has 1 aliphatic rings. The molecule has 0 fully saturated rings. The van der Waals surface area contributed by atoms with Crippen LogP contribution in [0.25, 0.3) is 0 Å². The highest BCUT2D eigenvalue weighted by Crippen LogP contribution is 2.36. The van der Waals surface area contributed by atoms with E-state index in [0.29, 0.717) is 24.1 Å². The maximum absolute atomic E-state index is 12.4. The van der Waals surface area contributed by atoms with Gasteiger partial charge in [-0.05, 0) is 64.0 Å². The molecule has 0 amide bonds. The average molecular weight is 377 g/mol. The molecule has 26 heavy (non-hydrogen) atoms. The van der Waals surface area contributed by atoms with Crippen molar-refractivity contribution in [2.75, 3.05) is 19.8 Å². The van der Waals surface area contributed by atoms with Crippen molar-refractivity contribution in [3.63, 3.8) is 0 Å². The van der Waals surface area contributed by atoms with Gasteiger partial charge in [0.25, 0.3) is 0 Å². The Balaban J connectivity index is 2.48. The van der Waals surface area contributed by atoms with Crippen molar-refractivity contribution in [1.82, 2.24) is 10.2 Å². The maximum atomic E-state index is 12.4. The van der Waals surface area contributed by atoms with Crippen LogP contribution in [0.1, 0.15) is 52.6 Å². The van der Waals surface area contributed by atoms with E-state index in [4.69, 9.17) is 21.7 Å². The number of rotatable bonds is 8. The minimum Gasteiger partial charge on any atom is -0.490 e. The Hall–Kier alpha value is -2.08. The third kappa shape index (κ3) is 4.18. The molecule has 0 bridgehead atoms. The number of thiocarbonyl (C=S) groups is 1. The average Bonchev–Trinajstić information content (AvgIpc) is 2.60. The molecule has 0 saturated carbocycles. The molecule has 1 aliphatic heterocycles. The monoisotopic (exact) mass is 376 g/mol. The van der Waals surface area contributed by atoms with Crippen LogP contribution in [0, 0.1) is 0 Å². The summed E-state index contributed by atoms with van der Waals surface area (Å²) >= 11 is 5.50. The Labute approximate surface area is 161 Å². The van der Waals surface area contributed by atoms with Gasteiger partial charge in [-0.15, -0.1) is 0 Å². The minimum absolute atomic E-state index is 0.0326. The number of Topliss-reactive ketones (excluding diaryl/α,β-unsaturated/α-hetero) is 1. The molecule has 0 aliphatic carbocycles. The normalized spacial score (nSPS) is 17.2. The zero-order valence-corrected chi connectivity index (χ0v) is 17.0. The van der Waals surface area contributed by atoms with Gasteiger partial charge >= 0.3 is 0 Å². The van der Waals surface area contributed by atoms with E-state index in [1.54, 1.807) is 6.92 Å². The summed E-state index contributed by atoms with van der Waals surface area (Å²) in [6, 6.07) is 5.51. The van der Waals surface area contributed by atoms with Crippen molar-refractivity contribution in [1.29, 1.82) is 0 Å². The van der Waals surface area contributed by atoms with Gasteiger partial charge < -0.3 is 19.7 Å². The summed E-state index contributed by atoms with van der Waals surface area (Å²) in [5.41, 5.74) is 2.56. The number of carbonyl (C=O) groups excluding carboxylic acids is 1. The molecule has 1 heterocycles. The second-order valence-corrected chi connectivity index (χ2v) is 6.56. The zero-order valence-electron chi connectivity index (χ0n) is 16.2. The van der Waals surface area contributed by atoms with Crippen LogP contribution in [0.2, 0.25) is 0 Å². The van der Waals surface area contributed by atoms with Gasteiger partial charge in [-0.1, -0.05) is 13.0 Å². The molecule has 1 atom stereocenters. The predicted octanol–water partition coefficient (Wildman–Crippen LogP) is 3.99. The van der Waals surface area contributed by atoms with Crippen molar-refractivity contribution in [3.8, 4) is 11.5 Å². The first-order valence-electron chi connectivity index (χ1n) is 9.13. The minimum atomic E-state index is -0.290. The van der Waals surface area contributed by atoms with Crippen molar-refractivity contribution >= 4 is 23.1 Å². The third-order valence-corrected chi connectivity index (χ3v) is 4.69. The number of nitrogens with one attached hydrogen (secondary N) is 1. The number of benzene rings is 1. The number of hydrogen-bond donors (Lipinski definition) is 1. The van der Waals surface area contributed by atoms with Crippen molar-refractivity contribution in [2.45, 2.75) is 47.1 Å². The van der Waals surface area contributed by atoms with E-state index >= 15 is 0 Å². The molecule has 0 radical (unpaired) electrons. The molecule has 1 unspecified atom stereocenters. The first kappa shape index (κ1) is 20.2. The van der Waals surface area contributed by atoms with Crippen LogP contribution < -0.4 is 14.8 Å². The first-order valence-corrected chi connectivity index (χ1v) is 9.54. The lowest BCUT2D eigenvalue weighted by molar-refractivity contribution is -0.114. The van der Waals surface area contributed by atoms with Crippen molar-refractivity contribution < 1.29 is 14.3 Å². The lowest BCUT2D eigenvalue weighted by Crippen LogP contribution is -2.47. The highest BCUT2D eigenvalue weighted by Gasteiger charge is 2.32. The highest BCUT2D eigenvalue weighted by molar-refractivity contribution is 7.80. The third-order valence-electron chi connectivity index (χ3n) is 4.35. The van der Waals surface area contributed by atoms with E-state index < -0.39 is 0 Å². The number of ketones is 1. The summed E-state index contributed by atoms with van der Waals surface area (Å²) in [6.07, 6.45) is 0.926. The van der Waals surface area contributed by atoms with E-state index in [9.17, 15) is 4.79 Å². The van der Waals surface area contributed by atoms with E-state index in [1.165, 1.54) is 0 Å². The van der Waals surface area contributed by atoms with Crippen LogP contribution >= 0.6 is 12.2 Å². The van der Waals surface area contributed by atoms with E-state index in [1.807, 2.05) is 43.9 Å². The fourth-order valence-corrected chi connectivity index (χ4v) is 3.56. The molecule has 1 aromatic carbocycles. The molecule has 142 valence electrons. The van der Waals surface area contributed by atoms with Gasteiger partial charge in [0.2, 0.25) is 0 Å². The lowest BCUT2D eigenvalue weighted by atomic mass is 9.92. The van der Waals surface area contributed by atoms with Gasteiger partial charge in [0.15, 0.2) is 22.4 Å². The largest absolute Gasteiger partial charge is 0.490 e. The van der Waals surface area contributed by atoms with Gasteiger partial charge in [-0.2, -0.15) is 0 Å². The lowest BCUT2D eigenvalue weighted by Gasteiger charge is -2.37. The molecule has 6 heteroatoms. The van der Waals surface area contributed by atoms with E-state index in [-0.39, 0.29) is 11.8 Å². The SMILES string of the molecule is CCCOc1ccc(C2NC(=S)N(CC)C(C)=C2C(C)=O)cc1OCC. The molecule has 2 rings (SSSR count). The summed E-state index contributed by atoms with van der Waals surface area (Å²) in [5.74, 6) is 1.44. The van der Waals surface area contributed by atoms with Crippen LogP contribution in [0.4, 0.5) is 0 Å². The fraction of sp³-hybridized carbons (Fsp3) is 0.500. The molecule has 0 saturated heterocycles. The molecule has 0 aromatic heterocycles. The Morgan fingerprint density at radius 3 is 2.54 bits per heavy atom. The van der Waals surface area contributed by atoms with Crippen LogP contribution in [0.5, 0.6) is 11.5 Å². The number of carbonyl (C=O) groups is 1. The zero-order chi connectivity index (χ0) is 19.3. The quantitative estimate of drug-likeness (QED) is 0.693. The van der Waals surface area contributed by atoms with Gasteiger partial charge in [0.1, 0.15) is 0 Å². The molecule has 5 nitrogen and oxygen atoms in total. The van der Waals surface area contributed by atoms with E-state index in [2.05, 4.69) is 12.2 Å². The summed E-state index contributed by atoms with van der Waals surface area (Å²) in [5, 5.41) is 3.94. The molecular weight excluding hydrogens is 348 g/mol. The standard InChI is InChI=1S/C20H28N2O3S/c1-6-11-25-16-10-9-15(12-17(16)24-8-3)19-18(14(5)23)13(4)22(7-2)20(26)21-19/h9-10,12,19H,6-8,11H2,1-5H3,(H,21,26). The first-order chi connectivity index (χ1) is 12.4. The van der Waals surface area contributed by atoms with E-state index in [0.717, 1.165) is 35.5 Å². The fourth-order valence-electron chi connectivity index (χ4n) is 3.17. The van der Waals surface area contributed by atoms with Gasteiger partial charge in [0.05, 0.1) is 19.3 Å².